The molecule has 6 nitrogen and oxygen atoms in total. The summed E-state index contributed by atoms with van der Waals surface area (Å²) in [6.45, 7) is 0. The van der Waals surface area contributed by atoms with Crippen molar-refractivity contribution in [2.45, 2.75) is 31.2 Å². The molecule has 0 unspecified atom stereocenters. The monoisotopic (exact) mass is 333 g/mol. The fourth-order valence-electron chi connectivity index (χ4n) is 2.36. The quantitative estimate of drug-likeness (QED) is 0.780. The normalized spacial score (nSPS) is 16.9. The first-order valence-electron chi connectivity index (χ1n) is 6.47. The molecule has 1 aromatic rings. The van der Waals surface area contributed by atoms with Gasteiger partial charge < -0.3 is 11.1 Å². The van der Waals surface area contributed by atoms with Crippen LogP contribution < -0.4 is 15.8 Å². The maximum absolute atomic E-state index is 12.2. The van der Waals surface area contributed by atoms with Crippen LogP contribution in [0.4, 0.5) is 11.4 Å². The summed E-state index contributed by atoms with van der Waals surface area (Å²) in [6.07, 6.45) is 4.35. The van der Waals surface area contributed by atoms with Crippen LogP contribution in [0.25, 0.3) is 0 Å². The van der Waals surface area contributed by atoms with E-state index in [1.165, 1.54) is 0 Å². The van der Waals surface area contributed by atoms with Crippen LogP contribution in [0, 0.1) is 0 Å². The molecule has 0 aromatic heterocycles. The second-order valence-corrected chi connectivity index (χ2v) is 7.02. The molecule has 1 fully saturated rings. The summed E-state index contributed by atoms with van der Waals surface area (Å²) >= 11 is 0. The zero-order valence-electron chi connectivity index (χ0n) is 11.8. The van der Waals surface area contributed by atoms with Gasteiger partial charge in [-0.3, -0.25) is 9.52 Å². The number of benzene rings is 1. The molecule has 21 heavy (non-hydrogen) atoms. The van der Waals surface area contributed by atoms with E-state index < -0.39 is 15.6 Å². The first kappa shape index (κ1) is 17.7. The predicted octanol–water partition coefficient (Wildman–Crippen LogP) is 1.69. The molecule has 4 N–H and O–H groups in total. The lowest BCUT2D eigenvalue weighted by atomic mass is 9.98. The van der Waals surface area contributed by atoms with Crippen LogP contribution in [0.5, 0.6) is 0 Å². The van der Waals surface area contributed by atoms with Gasteiger partial charge in [-0.1, -0.05) is 18.9 Å². The highest BCUT2D eigenvalue weighted by molar-refractivity contribution is 7.92. The number of halogens is 1. The number of anilines is 2. The van der Waals surface area contributed by atoms with Gasteiger partial charge in [0.05, 0.1) is 17.5 Å². The maximum atomic E-state index is 12.2. The van der Waals surface area contributed by atoms with Crippen molar-refractivity contribution in [2.24, 2.45) is 5.73 Å². The average Bonchev–Trinajstić information content (AvgIpc) is 2.76. The number of hydrogen-bond acceptors (Lipinski definition) is 4. The summed E-state index contributed by atoms with van der Waals surface area (Å²) in [7, 11) is -3.34. The lowest BCUT2D eigenvalue weighted by molar-refractivity contribution is -0.121. The molecule has 1 amide bonds. The van der Waals surface area contributed by atoms with Gasteiger partial charge in [0.15, 0.2) is 0 Å². The highest BCUT2D eigenvalue weighted by Gasteiger charge is 2.36. The zero-order chi connectivity index (χ0) is 14.8. The molecule has 1 aliphatic rings. The van der Waals surface area contributed by atoms with Gasteiger partial charge in [-0.2, -0.15) is 0 Å². The maximum Gasteiger partial charge on any atom is 0.244 e. The summed E-state index contributed by atoms with van der Waals surface area (Å²) in [6, 6.07) is 6.55. The van der Waals surface area contributed by atoms with Crippen molar-refractivity contribution in [1.29, 1.82) is 0 Å². The number of amides is 1. The molecular weight excluding hydrogens is 314 g/mol. The van der Waals surface area contributed by atoms with Crippen molar-refractivity contribution in [3.63, 3.8) is 0 Å². The molecular formula is C13H20ClN3O3S. The molecule has 0 saturated heterocycles. The highest BCUT2D eigenvalue weighted by atomic mass is 35.5. The van der Waals surface area contributed by atoms with Gasteiger partial charge in [-0.25, -0.2) is 8.42 Å². The van der Waals surface area contributed by atoms with Gasteiger partial charge >= 0.3 is 0 Å². The number of carbonyl (C=O) groups excluding carboxylic acids is 1. The number of carbonyl (C=O) groups is 1. The minimum Gasteiger partial charge on any atom is -0.324 e. The van der Waals surface area contributed by atoms with Crippen molar-refractivity contribution in [3.05, 3.63) is 24.3 Å². The fourth-order valence-corrected chi connectivity index (χ4v) is 2.92. The van der Waals surface area contributed by atoms with Crippen LogP contribution in [-0.2, 0) is 14.8 Å². The Bertz CT molecular complexity index is 613. The van der Waals surface area contributed by atoms with E-state index in [0.29, 0.717) is 24.2 Å². The Morgan fingerprint density at radius 2 is 1.81 bits per heavy atom. The first-order valence-corrected chi connectivity index (χ1v) is 8.36. The third-order valence-corrected chi connectivity index (χ3v) is 3.98. The molecule has 2 rings (SSSR count). The fraction of sp³-hybridized carbons (Fsp3) is 0.462. The second-order valence-electron chi connectivity index (χ2n) is 5.27. The number of hydrogen-bond donors (Lipinski definition) is 3. The van der Waals surface area contributed by atoms with Crippen LogP contribution >= 0.6 is 12.4 Å². The van der Waals surface area contributed by atoms with E-state index in [4.69, 9.17) is 5.73 Å². The summed E-state index contributed by atoms with van der Waals surface area (Å²) in [5.41, 5.74) is 6.19. The molecule has 0 aliphatic heterocycles. The third-order valence-electron chi connectivity index (χ3n) is 3.37. The van der Waals surface area contributed by atoms with E-state index >= 15 is 0 Å². The van der Waals surface area contributed by atoms with Crippen molar-refractivity contribution < 1.29 is 13.2 Å². The minimum atomic E-state index is -3.34. The highest BCUT2D eigenvalue weighted by Crippen LogP contribution is 2.28. The Hall–Kier alpha value is -1.31. The van der Waals surface area contributed by atoms with Crippen LogP contribution in [0.1, 0.15) is 25.7 Å². The number of rotatable bonds is 4. The van der Waals surface area contributed by atoms with Crippen LogP contribution in [0.3, 0.4) is 0 Å². The topological polar surface area (TPSA) is 101 Å². The van der Waals surface area contributed by atoms with Crippen LogP contribution in [-0.4, -0.2) is 26.1 Å². The first-order chi connectivity index (χ1) is 9.28. The van der Waals surface area contributed by atoms with Gasteiger partial charge in [-0.15, -0.1) is 12.4 Å². The van der Waals surface area contributed by atoms with E-state index in [0.717, 1.165) is 19.1 Å². The molecule has 0 spiro atoms. The minimum absolute atomic E-state index is 0. The molecule has 1 saturated carbocycles. The Morgan fingerprint density at radius 1 is 1.24 bits per heavy atom. The number of sulfonamides is 1. The molecule has 1 aliphatic carbocycles. The Balaban J connectivity index is 0.00000220. The van der Waals surface area contributed by atoms with Crippen molar-refractivity contribution in [1.82, 2.24) is 0 Å². The molecule has 0 radical (unpaired) electrons. The third kappa shape index (κ3) is 4.87. The van der Waals surface area contributed by atoms with Crippen molar-refractivity contribution in [2.75, 3.05) is 16.3 Å². The molecule has 0 heterocycles. The van der Waals surface area contributed by atoms with E-state index in [1.807, 2.05) is 0 Å². The Kier molecular flexibility index (Phi) is 5.61. The van der Waals surface area contributed by atoms with Gasteiger partial charge in [0, 0.05) is 5.69 Å². The van der Waals surface area contributed by atoms with Crippen LogP contribution in [0.2, 0.25) is 0 Å². The van der Waals surface area contributed by atoms with Crippen LogP contribution in [0.15, 0.2) is 24.3 Å². The lowest BCUT2D eigenvalue weighted by Gasteiger charge is -2.22. The summed E-state index contributed by atoms with van der Waals surface area (Å²) in [4.78, 5) is 12.2. The summed E-state index contributed by atoms with van der Waals surface area (Å²) in [5, 5.41) is 2.75. The second kappa shape index (κ2) is 6.64. The summed E-state index contributed by atoms with van der Waals surface area (Å²) in [5.74, 6) is -0.216. The van der Waals surface area contributed by atoms with Crippen molar-refractivity contribution >= 4 is 39.7 Å². The Labute approximate surface area is 130 Å². The number of nitrogens with two attached hydrogens (primary N) is 1. The lowest BCUT2D eigenvalue weighted by Crippen LogP contribution is -2.48. The number of nitrogens with one attached hydrogen (secondary N) is 2. The molecule has 8 heteroatoms. The predicted molar refractivity (Wildman–Crippen MR) is 86.2 cm³/mol. The van der Waals surface area contributed by atoms with Gasteiger partial charge in [0.1, 0.15) is 0 Å². The van der Waals surface area contributed by atoms with Gasteiger partial charge in [0.2, 0.25) is 15.9 Å². The van der Waals surface area contributed by atoms with E-state index in [-0.39, 0.29) is 18.3 Å². The van der Waals surface area contributed by atoms with E-state index in [1.54, 1.807) is 24.3 Å². The summed E-state index contributed by atoms with van der Waals surface area (Å²) < 4.78 is 24.7. The molecule has 1 aromatic carbocycles. The molecule has 118 valence electrons. The van der Waals surface area contributed by atoms with Gasteiger partial charge in [-0.05, 0) is 31.0 Å². The van der Waals surface area contributed by atoms with Gasteiger partial charge in [0.25, 0.3) is 0 Å². The zero-order valence-corrected chi connectivity index (χ0v) is 13.4. The van der Waals surface area contributed by atoms with E-state index in [9.17, 15) is 13.2 Å². The van der Waals surface area contributed by atoms with E-state index in [2.05, 4.69) is 10.0 Å². The smallest absolute Gasteiger partial charge is 0.244 e. The SMILES string of the molecule is CS(=O)(=O)Nc1cccc(NC(=O)C2(N)CCCC2)c1.Cl. The van der Waals surface area contributed by atoms with Crippen molar-refractivity contribution in [3.8, 4) is 0 Å². The average molecular weight is 334 g/mol. The standard InChI is InChI=1S/C13H19N3O3S.ClH/c1-20(18,19)16-11-6-4-5-10(9-11)15-12(17)13(14)7-2-3-8-13;/h4-6,9,16H,2-3,7-8,14H2,1H3,(H,15,17);1H. The molecule has 0 bridgehead atoms. The largest absolute Gasteiger partial charge is 0.324 e. The Morgan fingerprint density at radius 3 is 2.38 bits per heavy atom. The molecule has 0 atom stereocenters.